The molecule has 2 heteroatoms. The van der Waals surface area contributed by atoms with Crippen molar-refractivity contribution in [3.63, 3.8) is 0 Å². The second-order valence-corrected chi connectivity index (χ2v) is 3.20. The normalized spacial score (nSPS) is 9.40. The number of pyridine rings is 1. The van der Waals surface area contributed by atoms with Gasteiger partial charge in [-0.1, -0.05) is 18.1 Å². The molecule has 2 aromatic rings. The summed E-state index contributed by atoms with van der Waals surface area (Å²) in [6.07, 6.45) is 2.36. The third kappa shape index (κ3) is 1.72. The number of carbonyl (C=O) groups is 1. The van der Waals surface area contributed by atoms with Crippen LogP contribution in [0.25, 0.3) is 10.9 Å². The number of hydrogen-bond donors (Lipinski definition) is 0. The lowest BCUT2D eigenvalue weighted by Gasteiger charge is -2.02. The zero-order valence-corrected chi connectivity index (χ0v) is 8.32. The van der Waals surface area contributed by atoms with Crippen molar-refractivity contribution in [3.8, 4) is 11.8 Å². The van der Waals surface area contributed by atoms with Gasteiger partial charge in [0.1, 0.15) is 0 Å². The number of aryl methyl sites for hydroxylation is 1. The number of aromatic nitrogens is 1. The lowest BCUT2D eigenvalue weighted by molar-refractivity contribution is -0.103. The quantitative estimate of drug-likeness (QED) is 0.476. The Morgan fingerprint density at radius 3 is 3.00 bits per heavy atom. The summed E-state index contributed by atoms with van der Waals surface area (Å²) in [7, 11) is 0. The maximum absolute atomic E-state index is 10.2. The molecule has 15 heavy (non-hydrogen) atoms. The number of hydrogen-bond acceptors (Lipinski definition) is 2. The average Bonchev–Trinajstić information content (AvgIpc) is 2.29. The average molecular weight is 195 g/mol. The van der Waals surface area contributed by atoms with Crippen molar-refractivity contribution in [3.05, 3.63) is 41.6 Å². The van der Waals surface area contributed by atoms with E-state index in [1.165, 1.54) is 0 Å². The van der Waals surface area contributed by atoms with E-state index in [1.807, 2.05) is 31.2 Å². The summed E-state index contributed by atoms with van der Waals surface area (Å²) in [4.78, 5) is 14.5. The van der Waals surface area contributed by atoms with Gasteiger partial charge in [0.2, 0.25) is 0 Å². The Bertz CT molecular complexity index is 576. The van der Waals surface area contributed by atoms with Crippen LogP contribution in [0.1, 0.15) is 11.1 Å². The van der Waals surface area contributed by atoms with E-state index in [9.17, 15) is 4.79 Å². The number of rotatable bonds is 0. The van der Waals surface area contributed by atoms with Crippen LogP contribution in [0.3, 0.4) is 0 Å². The van der Waals surface area contributed by atoms with Crippen LogP contribution in [0.4, 0.5) is 0 Å². The Kier molecular flexibility index (Phi) is 2.47. The van der Waals surface area contributed by atoms with Gasteiger partial charge in [-0.05, 0) is 30.5 Å². The molecule has 0 radical (unpaired) electrons. The molecule has 2 rings (SSSR count). The van der Waals surface area contributed by atoms with Gasteiger partial charge in [0, 0.05) is 17.1 Å². The molecule has 1 aromatic heterocycles. The predicted octanol–water partition coefficient (Wildman–Crippen LogP) is 2.09. The molecule has 0 fully saturated rings. The molecule has 1 heterocycles. The van der Waals surface area contributed by atoms with Gasteiger partial charge >= 0.3 is 0 Å². The Morgan fingerprint density at radius 2 is 2.20 bits per heavy atom. The van der Waals surface area contributed by atoms with Crippen molar-refractivity contribution in [2.45, 2.75) is 6.92 Å². The molecule has 0 N–H and O–H groups in total. The van der Waals surface area contributed by atoms with Crippen LogP contribution in [0.15, 0.2) is 30.5 Å². The van der Waals surface area contributed by atoms with E-state index in [4.69, 9.17) is 0 Å². The van der Waals surface area contributed by atoms with E-state index in [-0.39, 0.29) is 0 Å². The summed E-state index contributed by atoms with van der Waals surface area (Å²) in [6.45, 7) is 1.96. The van der Waals surface area contributed by atoms with Crippen molar-refractivity contribution >= 4 is 17.2 Å². The standard InChI is InChI=1S/C13H9NO/c1-10-11(5-3-9-15)6-7-12-4-2-8-14-13(10)12/h2,4,6-9H,1H3. The van der Waals surface area contributed by atoms with Crippen LogP contribution in [0.2, 0.25) is 0 Å². The number of fused-ring (bicyclic) bond motifs is 1. The fraction of sp³-hybridized carbons (Fsp3) is 0.0769. The van der Waals surface area contributed by atoms with Gasteiger partial charge < -0.3 is 0 Å². The van der Waals surface area contributed by atoms with Crippen LogP contribution >= 0.6 is 0 Å². The molecule has 0 aliphatic carbocycles. The lowest BCUT2D eigenvalue weighted by Crippen LogP contribution is -1.87. The van der Waals surface area contributed by atoms with Gasteiger partial charge in [-0.15, -0.1) is 0 Å². The van der Waals surface area contributed by atoms with Crippen LogP contribution in [-0.2, 0) is 4.79 Å². The topological polar surface area (TPSA) is 30.0 Å². The summed E-state index contributed by atoms with van der Waals surface area (Å²) in [5.74, 6) is 5.21. The maximum atomic E-state index is 10.2. The first-order chi connectivity index (χ1) is 7.33. The first-order valence-corrected chi connectivity index (χ1v) is 4.62. The summed E-state index contributed by atoms with van der Waals surface area (Å²) in [5.41, 5.74) is 2.81. The van der Waals surface area contributed by atoms with Gasteiger partial charge in [-0.25, -0.2) is 0 Å². The van der Waals surface area contributed by atoms with Crippen molar-refractivity contribution in [2.75, 3.05) is 0 Å². The molecule has 2 nitrogen and oxygen atoms in total. The molecule has 0 saturated carbocycles. The summed E-state index contributed by atoms with van der Waals surface area (Å²) in [5, 5.41) is 1.09. The predicted molar refractivity (Wildman–Crippen MR) is 59.4 cm³/mol. The molecular weight excluding hydrogens is 186 g/mol. The van der Waals surface area contributed by atoms with Crippen molar-refractivity contribution in [1.29, 1.82) is 0 Å². The van der Waals surface area contributed by atoms with E-state index >= 15 is 0 Å². The summed E-state index contributed by atoms with van der Waals surface area (Å²) in [6, 6.07) is 7.78. The number of nitrogens with zero attached hydrogens (tertiary/aromatic N) is 1. The number of aldehydes is 1. The van der Waals surface area contributed by atoms with E-state index < -0.39 is 0 Å². The highest BCUT2D eigenvalue weighted by atomic mass is 16.1. The second-order valence-electron chi connectivity index (χ2n) is 3.20. The molecule has 72 valence electrons. The van der Waals surface area contributed by atoms with Crippen LogP contribution in [0, 0.1) is 18.8 Å². The minimum Gasteiger partial charge on any atom is -0.289 e. The highest BCUT2D eigenvalue weighted by Crippen LogP contribution is 2.18. The van der Waals surface area contributed by atoms with Crippen LogP contribution < -0.4 is 0 Å². The Labute approximate surface area is 88.0 Å². The Morgan fingerprint density at radius 1 is 1.33 bits per heavy atom. The number of benzene rings is 1. The van der Waals surface area contributed by atoms with E-state index in [1.54, 1.807) is 6.20 Å². The van der Waals surface area contributed by atoms with E-state index in [0.29, 0.717) is 6.29 Å². The van der Waals surface area contributed by atoms with Crippen molar-refractivity contribution in [2.24, 2.45) is 0 Å². The largest absolute Gasteiger partial charge is 0.289 e. The third-order valence-corrected chi connectivity index (χ3v) is 2.29. The molecule has 0 aliphatic heterocycles. The molecule has 1 aromatic carbocycles. The SMILES string of the molecule is Cc1c(C#CC=O)ccc2cccnc12. The molecule has 0 unspecified atom stereocenters. The molecule has 0 bridgehead atoms. The van der Waals surface area contributed by atoms with Crippen LogP contribution in [-0.4, -0.2) is 11.3 Å². The smallest absolute Gasteiger partial charge is 0.193 e. The molecule has 0 atom stereocenters. The Balaban J connectivity index is 2.70. The summed E-state index contributed by atoms with van der Waals surface area (Å²) >= 11 is 0. The second kappa shape index (κ2) is 3.93. The molecular formula is C13H9NO. The van der Waals surface area contributed by atoms with Gasteiger partial charge in [-0.3, -0.25) is 9.78 Å². The van der Waals surface area contributed by atoms with Gasteiger partial charge in [0.25, 0.3) is 0 Å². The fourth-order valence-corrected chi connectivity index (χ4v) is 1.53. The lowest BCUT2D eigenvalue weighted by atomic mass is 10.0. The molecule has 0 aliphatic rings. The fourth-order valence-electron chi connectivity index (χ4n) is 1.53. The molecule has 0 saturated heterocycles. The van der Waals surface area contributed by atoms with Crippen molar-refractivity contribution < 1.29 is 4.79 Å². The first-order valence-electron chi connectivity index (χ1n) is 4.62. The molecule has 0 amide bonds. The minimum atomic E-state index is 0.599. The van der Waals surface area contributed by atoms with Gasteiger partial charge in [0.05, 0.1) is 5.52 Å². The van der Waals surface area contributed by atoms with Gasteiger partial charge in [0.15, 0.2) is 6.29 Å². The van der Waals surface area contributed by atoms with E-state index in [0.717, 1.165) is 22.0 Å². The first kappa shape index (κ1) is 9.42. The zero-order chi connectivity index (χ0) is 10.7. The molecule has 0 spiro atoms. The zero-order valence-electron chi connectivity index (χ0n) is 8.32. The third-order valence-electron chi connectivity index (χ3n) is 2.29. The van der Waals surface area contributed by atoms with Crippen molar-refractivity contribution in [1.82, 2.24) is 4.98 Å². The highest BCUT2D eigenvalue weighted by molar-refractivity contribution is 5.84. The summed E-state index contributed by atoms with van der Waals surface area (Å²) < 4.78 is 0. The number of carbonyl (C=O) groups excluding carboxylic acids is 1. The van der Waals surface area contributed by atoms with Gasteiger partial charge in [-0.2, -0.15) is 0 Å². The monoisotopic (exact) mass is 195 g/mol. The van der Waals surface area contributed by atoms with E-state index in [2.05, 4.69) is 16.8 Å². The Hall–Kier alpha value is -2.14. The minimum absolute atomic E-state index is 0.599. The van der Waals surface area contributed by atoms with Crippen LogP contribution in [0.5, 0.6) is 0 Å². The highest BCUT2D eigenvalue weighted by Gasteiger charge is 2.01. The maximum Gasteiger partial charge on any atom is 0.193 e.